The Hall–Kier alpha value is -3.98. The molecule has 6 heteroatoms. The first kappa shape index (κ1) is 24.7. The highest BCUT2D eigenvalue weighted by molar-refractivity contribution is 5.85. The van der Waals surface area contributed by atoms with E-state index in [0.717, 1.165) is 27.6 Å². The van der Waals surface area contributed by atoms with Gasteiger partial charge < -0.3 is 19.5 Å². The highest BCUT2D eigenvalue weighted by Gasteiger charge is 2.25. The van der Waals surface area contributed by atoms with Gasteiger partial charge in [0.15, 0.2) is 0 Å². The molecule has 0 saturated heterocycles. The predicted molar refractivity (Wildman–Crippen MR) is 131 cm³/mol. The average Bonchev–Trinajstić information content (AvgIpc) is 2.81. The predicted octanol–water partition coefficient (Wildman–Crippen LogP) is 5.23. The Labute approximate surface area is 200 Å². The first-order valence-electron chi connectivity index (χ1n) is 11.0. The van der Waals surface area contributed by atoms with Gasteiger partial charge in [-0.15, -0.1) is 0 Å². The van der Waals surface area contributed by atoms with Crippen LogP contribution in [0.15, 0.2) is 66.7 Å². The lowest BCUT2D eigenvalue weighted by molar-refractivity contribution is -0.147. The second-order valence-corrected chi connectivity index (χ2v) is 8.73. The van der Waals surface area contributed by atoms with E-state index in [-0.39, 0.29) is 13.0 Å². The van der Waals surface area contributed by atoms with E-state index in [1.807, 2.05) is 66.7 Å². The normalized spacial score (nSPS) is 11.6. The first-order chi connectivity index (χ1) is 16.2. The molecule has 176 valence electrons. The quantitative estimate of drug-likeness (QED) is 0.404. The SMILES string of the molecule is COc1ccc2cc(C#CCC(NC(=O)OC(C)(C)C)C(=O)OCc3ccccc3)ccc2c1. The summed E-state index contributed by atoms with van der Waals surface area (Å²) in [5.41, 5.74) is 0.958. The molecule has 0 aromatic heterocycles. The lowest BCUT2D eigenvalue weighted by Gasteiger charge is -2.22. The average molecular weight is 460 g/mol. The van der Waals surface area contributed by atoms with Crippen LogP contribution in [0.1, 0.15) is 38.3 Å². The molecule has 0 aliphatic rings. The van der Waals surface area contributed by atoms with Crippen LogP contribution in [0.25, 0.3) is 10.8 Å². The number of amides is 1. The third kappa shape index (κ3) is 7.56. The fourth-order valence-corrected chi connectivity index (χ4v) is 3.16. The van der Waals surface area contributed by atoms with Crippen molar-refractivity contribution in [3.05, 3.63) is 77.9 Å². The molecule has 0 bridgehead atoms. The van der Waals surface area contributed by atoms with Gasteiger partial charge >= 0.3 is 12.1 Å². The molecule has 1 unspecified atom stereocenters. The van der Waals surface area contributed by atoms with Gasteiger partial charge in [0.1, 0.15) is 24.0 Å². The molecular formula is C28H29NO5. The van der Waals surface area contributed by atoms with Crippen LogP contribution in [-0.4, -0.2) is 30.8 Å². The van der Waals surface area contributed by atoms with Crippen LogP contribution in [0.2, 0.25) is 0 Å². The van der Waals surface area contributed by atoms with Crippen molar-refractivity contribution in [3.8, 4) is 17.6 Å². The van der Waals surface area contributed by atoms with Gasteiger partial charge in [-0.05, 0) is 61.4 Å². The second kappa shape index (κ2) is 11.2. The summed E-state index contributed by atoms with van der Waals surface area (Å²) >= 11 is 0. The third-order valence-electron chi connectivity index (χ3n) is 4.79. The minimum absolute atomic E-state index is 0.0769. The minimum Gasteiger partial charge on any atom is -0.497 e. The first-order valence-corrected chi connectivity index (χ1v) is 11.0. The van der Waals surface area contributed by atoms with Crippen molar-refractivity contribution in [2.75, 3.05) is 7.11 Å². The minimum atomic E-state index is -0.962. The molecule has 0 fully saturated rings. The van der Waals surface area contributed by atoms with Crippen LogP contribution in [0, 0.1) is 11.8 Å². The number of hydrogen-bond donors (Lipinski definition) is 1. The molecule has 34 heavy (non-hydrogen) atoms. The number of nitrogens with one attached hydrogen (secondary N) is 1. The zero-order chi connectivity index (χ0) is 24.6. The van der Waals surface area contributed by atoms with E-state index in [0.29, 0.717) is 0 Å². The molecule has 0 saturated carbocycles. The maximum atomic E-state index is 12.7. The molecule has 3 aromatic rings. The molecule has 3 aromatic carbocycles. The lowest BCUT2D eigenvalue weighted by Crippen LogP contribution is -2.44. The van der Waals surface area contributed by atoms with Gasteiger partial charge in [-0.2, -0.15) is 0 Å². The van der Waals surface area contributed by atoms with Crippen molar-refractivity contribution in [1.82, 2.24) is 5.32 Å². The Morgan fingerprint density at radius 1 is 0.971 bits per heavy atom. The number of methoxy groups -OCH3 is 1. The molecule has 1 atom stereocenters. The molecule has 6 nitrogen and oxygen atoms in total. The van der Waals surface area contributed by atoms with Crippen molar-refractivity contribution in [2.45, 2.75) is 45.4 Å². The van der Waals surface area contributed by atoms with Crippen LogP contribution < -0.4 is 10.1 Å². The summed E-state index contributed by atoms with van der Waals surface area (Å²) in [7, 11) is 1.63. The van der Waals surface area contributed by atoms with Gasteiger partial charge in [-0.3, -0.25) is 0 Å². The molecule has 0 heterocycles. The number of hydrogen-bond acceptors (Lipinski definition) is 5. The molecule has 0 spiro atoms. The summed E-state index contributed by atoms with van der Waals surface area (Å²) in [6, 6.07) is 20.0. The van der Waals surface area contributed by atoms with E-state index in [9.17, 15) is 9.59 Å². The Morgan fingerprint density at radius 2 is 1.68 bits per heavy atom. The molecule has 0 radical (unpaired) electrons. The highest BCUT2D eigenvalue weighted by atomic mass is 16.6. The zero-order valence-electron chi connectivity index (χ0n) is 19.9. The van der Waals surface area contributed by atoms with E-state index in [2.05, 4.69) is 17.2 Å². The number of esters is 1. The number of alkyl carbamates (subject to hydrolysis) is 1. The van der Waals surface area contributed by atoms with Gasteiger partial charge in [0.05, 0.1) is 7.11 Å². The van der Waals surface area contributed by atoms with Crippen LogP contribution in [0.5, 0.6) is 5.75 Å². The largest absolute Gasteiger partial charge is 0.497 e. The van der Waals surface area contributed by atoms with Crippen molar-refractivity contribution in [2.24, 2.45) is 0 Å². The van der Waals surface area contributed by atoms with Gasteiger partial charge in [-0.1, -0.05) is 54.3 Å². The van der Waals surface area contributed by atoms with Gasteiger partial charge in [0.2, 0.25) is 0 Å². The summed E-state index contributed by atoms with van der Waals surface area (Å²) in [5.74, 6) is 6.27. The highest BCUT2D eigenvalue weighted by Crippen LogP contribution is 2.21. The van der Waals surface area contributed by atoms with Crippen molar-refractivity contribution in [1.29, 1.82) is 0 Å². The summed E-state index contributed by atoms with van der Waals surface area (Å²) in [5, 5.41) is 4.65. The Balaban J connectivity index is 1.71. The van der Waals surface area contributed by atoms with Crippen molar-refractivity contribution in [3.63, 3.8) is 0 Å². The Bertz CT molecular complexity index is 1200. The summed E-state index contributed by atoms with van der Waals surface area (Å²) < 4.78 is 16.0. The number of ether oxygens (including phenoxy) is 3. The van der Waals surface area contributed by atoms with Crippen LogP contribution >= 0.6 is 0 Å². The number of fused-ring (bicyclic) bond motifs is 1. The second-order valence-electron chi connectivity index (χ2n) is 8.73. The zero-order valence-corrected chi connectivity index (χ0v) is 19.9. The fourth-order valence-electron chi connectivity index (χ4n) is 3.16. The van der Waals surface area contributed by atoms with E-state index in [1.54, 1.807) is 27.9 Å². The topological polar surface area (TPSA) is 73.9 Å². The summed E-state index contributed by atoms with van der Waals surface area (Å²) in [6.07, 6.45) is -0.622. The monoisotopic (exact) mass is 459 g/mol. The Morgan fingerprint density at radius 3 is 2.38 bits per heavy atom. The molecule has 0 aliphatic heterocycles. The summed E-state index contributed by atoms with van der Waals surface area (Å²) in [6.45, 7) is 5.37. The Kier molecular flexibility index (Phi) is 8.15. The number of carbonyl (C=O) groups is 2. The fraction of sp³-hybridized carbons (Fsp3) is 0.286. The molecule has 1 amide bonds. The standard InChI is InChI=1S/C28H29NO5/c1-28(2,3)34-27(31)29-25(26(30)33-19-21-9-6-5-7-10-21)12-8-11-20-13-14-23-18-24(32-4)16-15-22(23)17-20/h5-7,9-10,13-18,25H,12,19H2,1-4H3,(H,29,31). The number of rotatable bonds is 6. The third-order valence-corrected chi connectivity index (χ3v) is 4.79. The van der Waals surface area contributed by atoms with E-state index in [1.165, 1.54) is 0 Å². The van der Waals surface area contributed by atoms with Crippen LogP contribution in [0.4, 0.5) is 4.79 Å². The number of benzene rings is 3. The molecule has 0 aliphatic carbocycles. The summed E-state index contributed by atoms with van der Waals surface area (Å²) in [4.78, 5) is 25.0. The van der Waals surface area contributed by atoms with E-state index < -0.39 is 23.7 Å². The number of carbonyl (C=O) groups excluding carboxylic acids is 2. The maximum Gasteiger partial charge on any atom is 0.408 e. The van der Waals surface area contributed by atoms with Gasteiger partial charge in [-0.25, -0.2) is 9.59 Å². The lowest BCUT2D eigenvalue weighted by atomic mass is 10.1. The van der Waals surface area contributed by atoms with Crippen LogP contribution in [0.3, 0.4) is 0 Å². The van der Waals surface area contributed by atoms with E-state index >= 15 is 0 Å². The van der Waals surface area contributed by atoms with Crippen molar-refractivity contribution < 1.29 is 23.8 Å². The van der Waals surface area contributed by atoms with Crippen LogP contribution in [-0.2, 0) is 20.9 Å². The smallest absolute Gasteiger partial charge is 0.408 e. The van der Waals surface area contributed by atoms with E-state index in [4.69, 9.17) is 14.2 Å². The maximum absolute atomic E-state index is 12.7. The molecule has 3 rings (SSSR count). The van der Waals surface area contributed by atoms with Crippen molar-refractivity contribution >= 4 is 22.8 Å². The molecule has 1 N–H and O–H groups in total. The van der Waals surface area contributed by atoms with Gasteiger partial charge in [0, 0.05) is 12.0 Å². The molecular weight excluding hydrogens is 430 g/mol. The van der Waals surface area contributed by atoms with Gasteiger partial charge in [0.25, 0.3) is 0 Å².